The molecule has 0 aliphatic heterocycles. The van der Waals surface area contributed by atoms with E-state index in [4.69, 9.17) is 0 Å². The van der Waals surface area contributed by atoms with Crippen LogP contribution >= 0.6 is 0 Å². The Morgan fingerprint density at radius 2 is 1.85 bits per heavy atom. The number of hydrazone groups is 1. The fourth-order valence-corrected chi connectivity index (χ4v) is 1.55. The molecule has 20 heavy (non-hydrogen) atoms. The van der Waals surface area contributed by atoms with E-state index >= 15 is 0 Å². The zero-order valence-corrected chi connectivity index (χ0v) is 11.6. The Morgan fingerprint density at radius 3 is 2.40 bits per heavy atom. The van der Waals surface area contributed by atoms with Gasteiger partial charge in [0.15, 0.2) is 0 Å². The van der Waals surface area contributed by atoms with E-state index in [-0.39, 0.29) is 6.04 Å². The summed E-state index contributed by atoms with van der Waals surface area (Å²) in [5.41, 5.74) is 4.13. The SMILES string of the molecule is CN(C)c1ccc(/C=N\NC(=O)C(=O)NC2CC2)cc1. The van der Waals surface area contributed by atoms with E-state index in [1.165, 1.54) is 6.21 Å². The summed E-state index contributed by atoms with van der Waals surface area (Å²) in [6.07, 6.45) is 3.39. The Kier molecular flexibility index (Phi) is 4.34. The minimum Gasteiger partial charge on any atom is -0.378 e. The summed E-state index contributed by atoms with van der Waals surface area (Å²) < 4.78 is 0. The molecular formula is C14H18N4O2. The minimum atomic E-state index is -0.738. The van der Waals surface area contributed by atoms with Gasteiger partial charge in [0.05, 0.1) is 6.21 Å². The maximum atomic E-state index is 11.4. The first-order chi connectivity index (χ1) is 9.56. The van der Waals surface area contributed by atoms with E-state index in [0.717, 1.165) is 24.1 Å². The van der Waals surface area contributed by atoms with Gasteiger partial charge >= 0.3 is 11.8 Å². The van der Waals surface area contributed by atoms with Crippen molar-refractivity contribution in [3.05, 3.63) is 29.8 Å². The van der Waals surface area contributed by atoms with Crippen LogP contribution in [0.1, 0.15) is 18.4 Å². The van der Waals surface area contributed by atoms with E-state index < -0.39 is 11.8 Å². The molecule has 1 aliphatic rings. The molecule has 0 heterocycles. The largest absolute Gasteiger partial charge is 0.378 e. The van der Waals surface area contributed by atoms with E-state index in [1.54, 1.807) is 0 Å². The van der Waals surface area contributed by atoms with Crippen molar-refractivity contribution in [2.24, 2.45) is 5.10 Å². The number of hydrogen-bond acceptors (Lipinski definition) is 4. The highest BCUT2D eigenvalue weighted by Gasteiger charge is 2.26. The van der Waals surface area contributed by atoms with E-state index in [9.17, 15) is 9.59 Å². The second kappa shape index (κ2) is 6.18. The lowest BCUT2D eigenvalue weighted by molar-refractivity contribution is -0.139. The predicted octanol–water partition coefficient (Wildman–Crippen LogP) is 0.481. The Labute approximate surface area is 117 Å². The van der Waals surface area contributed by atoms with Crippen molar-refractivity contribution >= 4 is 23.7 Å². The third kappa shape index (κ3) is 4.08. The average Bonchev–Trinajstić information content (AvgIpc) is 3.23. The lowest BCUT2D eigenvalue weighted by Gasteiger charge is -2.11. The molecule has 6 heteroatoms. The lowest BCUT2D eigenvalue weighted by Crippen LogP contribution is -2.38. The molecule has 1 aromatic carbocycles. The number of carbonyl (C=O) groups is 2. The van der Waals surface area contributed by atoms with Crippen LogP contribution in [0.25, 0.3) is 0 Å². The molecule has 1 aromatic rings. The van der Waals surface area contributed by atoms with Gasteiger partial charge in [0, 0.05) is 25.8 Å². The van der Waals surface area contributed by atoms with Crippen LogP contribution in [-0.4, -0.2) is 38.2 Å². The third-order valence-electron chi connectivity index (χ3n) is 2.91. The summed E-state index contributed by atoms with van der Waals surface area (Å²) in [4.78, 5) is 24.7. The number of carbonyl (C=O) groups excluding carboxylic acids is 2. The van der Waals surface area contributed by atoms with Gasteiger partial charge in [-0.1, -0.05) is 12.1 Å². The van der Waals surface area contributed by atoms with Gasteiger partial charge in [-0.2, -0.15) is 5.10 Å². The monoisotopic (exact) mass is 274 g/mol. The molecule has 106 valence electrons. The highest BCUT2D eigenvalue weighted by atomic mass is 16.2. The number of amides is 2. The first-order valence-electron chi connectivity index (χ1n) is 6.47. The summed E-state index contributed by atoms with van der Waals surface area (Å²) in [6, 6.07) is 7.83. The van der Waals surface area contributed by atoms with E-state index in [1.807, 2.05) is 43.3 Å². The third-order valence-corrected chi connectivity index (χ3v) is 2.91. The van der Waals surface area contributed by atoms with Gasteiger partial charge in [0.25, 0.3) is 0 Å². The first-order valence-corrected chi connectivity index (χ1v) is 6.47. The maximum Gasteiger partial charge on any atom is 0.329 e. The summed E-state index contributed by atoms with van der Waals surface area (Å²) in [6.45, 7) is 0. The molecule has 0 aromatic heterocycles. The van der Waals surface area contributed by atoms with Crippen molar-refractivity contribution in [2.45, 2.75) is 18.9 Å². The number of anilines is 1. The van der Waals surface area contributed by atoms with Gasteiger partial charge in [0.1, 0.15) is 0 Å². The topological polar surface area (TPSA) is 73.8 Å². The smallest absolute Gasteiger partial charge is 0.329 e. The minimum absolute atomic E-state index is 0.163. The van der Waals surface area contributed by atoms with E-state index in [2.05, 4.69) is 15.8 Å². The number of nitrogens with one attached hydrogen (secondary N) is 2. The fourth-order valence-electron chi connectivity index (χ4n) is 1.55. The first kappa shape index (κ1) is 14.0. The van der Waals surface area contributed by atoms with Crippen molar-refractivity contribution in [3.8, 4) is 0 Å². The summed E-state index contributed by atoms with van der Waals surface area (Å²) in [5.74, 6) is -1.37. The second-order valence-corrected chi connectivity index (χ2v) is 4.93. The molecule has 0 spiro atoms. The molecule has 2 N–H and O–H groups in total. The predicted molar refractivity (Wildman–Crippen MR) is 77.7 cm³/mol. The second-order valence-electron chi connectivity index (χ2n) is 4.93. The van der Waals surface area contributed by atoms with Gasteiger partial charge in [-0.3, -0.25) is 9.59 Å². The standard InChI is InChI=1S/C14H18N4O2/c1-18(2)12-7-3-10(4-8-12)9-15-17-14(20)13(19)16-11-5-6-11/h3-4,7-9,11H,5-6H2,1-2H3,(H,16,19)(H,17,20)/b15-9-. The normalized spacial score (nSPS) is 14.1. The summed E-state index contributed by atoms with van der Waals surface area (Å²) in [5, 5.41) is 6.36. The Bertz CT molecular complexity index is 518. The van der Waals surface area contributed by atoms with Crippen LogP contribution in [-0.2, 0) is 9.59 Å². The van der Waals surface area contributed by atoms with Crippen LogP contribution in [0.15, 0.2) is 29.4 Å². The van der Waals surface area contributed by atoms with Gasteiger partial charge < -0.3 is 10.2 Å². The van der Waals surface area contributed by atoms with Crippen LogP contribution in [0.2, 0.25) is 0 Å². The molecule has 1 aliphatic carbocycles. The van der Waals surface area contributed by atoms with Crippen molar-refractivity contribution < 1.29 is 9.59 Å². The Morgan fingerprint density at radius 1 is 1.20 bits per heavy atom. The highest BCUT2D eigenvalue weighted by molar-refractivity contribution is 6.35. The van der Waals surface area contributed by atoms with Crippen LogP contribution in [0.4, 0.5) is 5.69 Å². The van der Waals surface area contributed by atoms with Crippen molar-refractivity contribution in [1.82, 2.24) is 10.7 Å². The van der Waals surface area contributed by atoms with Gasteiger partial charge in [-0.05, 0) is 30.5 Å². The molecule has 1 saturated carbocycles. The molecule has 0 unspecified atom stereocenters. The number of hydrogen-bond donors (Lipinski definition) is 2. The van der Waals surface area contributed by atoms with Crippen molar-refractivity contribution in [3.63, 3.8) is 0 Å². The van der Waals surface area contributed by atoms with Crippen LogP contribution < -0.4 is 15.6 Å². The summed E-state index contributed by atoms with van der Waals surface area (Å²) in [7, 11) is 3.92. The quantitative estimate of drug-likeness (QED) is 0.476. The molecule has 1 fully saturated rings. The van der Waals surface area contributed by atoms with E-state index in [0.29, 0.717) is 0 Å². The lowest BCUT2D eigenvalue weighted by atomic mass is 10.2. The van der Waals surface area contributed by atoms with Gasteiger partial charge in [0.2, 0.25) is 0 Å². The van der Waals surface area contributed by atoms with Crippen LogP contribution in [0, 0.1) is 0 Å². The summed E-state index contributed by atoms with van der Waals surface area (Å²) >= 11 is 0. The molecular weight excluding hydrogens is 256 g/mol. The maximum absolute atomic E-state index is 11.4. The molecule has 0 saturated heterocycles. The zero-order chi connectivity index (χ0) is 14.5. The molecule has 2 rings (SSSR count). The van der Waals surface area contributed by atoms with Crippen molar-refractivity contribution in [2.75, 3.05) is 19.0 Å². The van der Waals surface area contributed by atoms with Crippen molar-refractivity contribution in [1.29, 1.82) is 0 Å². The molecule has 0 atom stereocenters. The van der Waals surface area contributed by atoms with Gasteiger partial charge in [-0.15, -0.1) is 0 Å². The van der Waals surface area contributed by atoms with Crippen LogP contribution in [0.5, 0.6) is 0 Å². The number of benzene rings is 1. The Hall–Kier alpha value is -2.37. The fraction of sp³-hybridized carbons (Fsp3) is 0.357. The molecule has 2 amide bonds. The highest BCUT2D eigenvalue weighted by Crippen LogP contribution is 2.18. The molecule has 0 radical (unpaired) electrons. The van der Waals surface area contributed by atoms with Crippen LogP contribution in [0.3, 0.4) is 0 Å². The molecule has 6 nitrogen and oxygen atoms in total. The van der Waals surface area contributed by atoms with Gasteiger partial charge in [-0.25, -0.2) is 5.43 Å². The number of rotatable bonds is 4. The zero-order valence-electron chi connectivity index (χ0n) is 11.6. The average molecular weight is 274 g/mol. The number of nitrogens with zero attached hydrogens (tertiary/aromatic N) is 2. The Balaban J connectivity index is 1.82. The molecule has 0 bridgehead atoms.